The molecule has 1 heterocycles. The molecule has 1 N–H and O–H groups in total. The lowest BCUT2D eigenvalue weighted by Crippen LogP contribution is -2.33. The number of benzene rings is 1. The first-order valence-corrected chi connectivity index (χ1v) is 8.21. The Hall–Kier alpha value is -2.46. The van der Waals surface area contributed by atoms with E-state index >= 15 is 0 Å². The molecule has 0 spiro atoms. The summed E-state index contributed by atoms with van der Waals surface area (Å²) in [6, 6.07) is 12.5. The zero-order valence-corrected chi connectivity index (χ0v) is 14.6. The van der Waals surface area contributed by atoms with E-state index in [9.17, 15) is 4.79 Å². The Labute approximate surface area is 144 Å². The highest BCUT2D eigenvalue weighted by Crippen LogP contribution is 2.18. The Morgan fingerprint density at radius 2 is 2.00 bits per heavy atom. The SMILES string of the molecule is CCc1ccc(C(CNC(=O)/C=C/c2cccnc2)N(C)C)cc1. The summed E-state index contributed by atoms with van der Waals surface area (Å²) >= 11 is 0. The normalized spacial score (nSPS) is 12.5. The monoisotopic (exact) mass is 323 g/mol. The molecule has 0 bridgehead atoms. The van der Waals surface area contributed by atoms with Gasteiger partial charge in [-0.15, -0.1) is 0 Å². The van der Waals surface area contributed by atoms with Crippen LogP contribution in [0.15, 0.2) is 54.9 Å². The largest absolute Gasteiger partial charge is 0.351 e. The maximum Gasteiger partial charge on any atom is 0.244 e. The first kappa shape index (κ1) is 17.9. The number of nitrogens with one attached hydrogen (secondary N) is 1. The number of hydrogen-bond acceptors (Lipinski definition) is 3. The fraction of sp³-hybridized carbons (Fsp3) is 0.300. The third-order valence-electron chi connectivity index (χ3n) is 3.98. The minimum atomic E-state index is -0.101. The Bertz CT molecular complexity index is 663. The second-order valence-corrected chi connectivity index (χ2v) is 5.94. The molecule has 4 nitrogen and oxygen atoms in total. The number of nitrogens with zero attached hydrogens (tertiary/aromatic N) is 2. The zero-order chi connectivity index (χ0) is 17.4. The van der Waals surface area contributed by atoms with Crippen LogP contribution in [0, 0.1) is 0 Å². The van der Waals surface area contributed by atoms with Crippen LogP contribution in [0.2, 0.25) is 0 Å². The number of rotatable bonds is 7. The highest BCUT2D eigenvalue weighted by Gasteiger charge is 2.14. The molecule has 0 aliphatic heterocycles. The van der Waals surface area contributed by atoms with Gasteiger partial charge in [0.2, 0.25) is 5.91 Å². The predicted molar refractivity (Wildman–Crippen MR) is 98.5 cm³/mol. The molecule has 0 fully saturated rings. The first-order chi connectivity index (χ1) is 11.6. The molecule has 1 aromatic heterocycles. The predicted octanol–water partition coefficient (Wildman–Crippen LogP) is 3.08. The van der Waals surface area contributed by atoms with Gasteiger partial charge in [0.05, 0.1) is 6.04 Å². The van der Waals surface area contributed by atoms with Crippen LogP contribution >= 0.6 is 0 Å². The van der Waals surface area contributed by atoms with Gasteiger partial charge in [-0.2, -0.15) is 0 Å². The Morgan fingerprint density at radius 1 is 1.25 bits per heavy atom. The highest BCUT2D eigenvalue weighted by molar-refractivity contribution is 5.91. The van der Waals surface area contributed by atoms with Crippen LogP contribution in [-0.4, -0.2) is 36.4 Å². The van der Waals surface area contributed by atoms with E-state index in [0.29, 0.717) is 6.54 Å². The van der Waals surface area contributed by atoms with Crippen LogP contribution in [0.3, 0.4) is 0 Å². The highest BCUT2D eigenvalue weighted by atomic mass is 16.1. The van der Waals surface area contributed by atoms with E-state index in [2.05, 4.69) is 46.4 Å². The second kappa shape index (κ2) is 8.99. The van der Waals surface area contributed by atoms with Crippen molar-refractivity contribution in [1.82, 2.24) is 15.2 Å². The quantitative estimate of drug-likeness (QED) is 0.797. The minimum Gasteiger partial charge on any atom is -0.351 e. The maximum atomic E-state index is 12.0. The molecule has 1 amide bonds. The summed E-state index contributed by atoms with van der Waals surface area (Å²) in [6.45, 7) is 2.71. The van der Waals surface area contributed by atoms with Crippen LogP contribution in [0.5, 0.6) is 0 Å². The van der Waals surface area contributed by atoms with E-state index in [0.717, 1.165) is 12.0 Å². The third-order valence-corrected chi connectivity index (χ3v) is 3.98. The minimum absolute atomic E-state index is 0.101. The van der Waals surface area contributed by atoms with E-state index in [1.165, 1.54) is 11.1 Å². The number of pyridine rings is 1. The molecule has 1 unspecified atom stereocenters. The zero-order valence-electron chi connectivity index (χ0n) is 14.6. The molecule has 0 aliphatic rings. The summed E-state index contributed by atoms with van der Waals surface area (Å²) in [5, 5.41) is 2.97. The smallest absolute Gasteiger partial charge is 0.244 e. The number of carbonyl (C=O) groups excluding carboxylic acids is 1. The van der Waals surface area contributed by atoms with Crippen molar-refractivity contribution >= 4 is 12.0 Å². The molecular weight excluding hydrogens is 298 g/mol. The number of aromatic nitrogens is 1. The molecule has 0 saturated carbocycles. The molecule has 0 saturated heterocycles. The number of aryl methyl sites for hydroxylation is 1. The lowest BCUT2D eigenvalue weighted by molar-refractivity contribution is -0.116. The summed E-state index contributed by atoms with van der Waals surface area (Å²) < 4.78 is 0. The average molecular weight is 323 g/mol. The van der Waals surface area contributed by atoms with E-state index in [-0.39, 0.29) is 11.9 Å². The lowest BCUT2D eigenvalue weighted by Gasteiger charge is -2.25. The molecule has 0 aliphatic carbocycles. The van der Waals surface area contributed by atoms with Crippen molar-refractivity contribution in [3.63, 3.8) is 0 Å². The fourth-order valence-corrected chi connectivity index (χ4v) is 2.48. The van der Waals surface area contributed by atoms with Gasteiger partial charge in [0.1, 0.15) is 0 Å². The number of likely N-dealkylation sites (N-methyl/N-ethyl adjacent to an activating group) is 1. The topological polar surface area (TPSA) is 45.2 Å². The van der Waals surface area contributed by atoms with Gasteiger partial charge < -0.3 is 10.2 Å². The molecule has 2 rings (SSSR count). The molecule has 0 radical (unpaired) electrons. The van der Waals surface area contributed by atoms with Gasteiger partial charge in [0, 0.05) is 25.0 Å². The van der Waals surface area contributed by atoms with Crippen LogP contribution in [0.25, 0.3) is 6.08 Å². The summed E-state index contributed by atoms with van der Waals surface area (Å²) in [7, 11) is 4.05. The van der Waals surface area contributed by atoms with Crippen molar-refractivity contribution in [1.29, 1.82) is 0 Å². The Morgan fingerprint density at radius 3 is 2.58 bits per heavy atom. The molecule has 4 heteroatoms. The van der Waals surface area contributed by atoms with Gasteiger partial charge in [-0.1, -0.05) is 37.3 Å². The summed E-state index contributed by atoms with van der Waals surface area (Å²) in [5.74, 6) is -0.101. The van der Waals surface area contributed by atoms with Gasteiger partial charge in [0.25, 0.3) is 0 Å². The van der Waals surface area contributed by atoms with Crippen molar-refractivity contribution < 1.29 is 4.79 Å². The molecular formula is C20H25N3O. The Kier molecular flexibility index (Phi) is 6.70. The van der Waals surface area contributed by atoms with Gasteiger partial charge in [0.15, 0.2) is 0 Å². The van der Waals surface area contributed by atoms with E-state index in [1.54, 1.807) is 24.5 Å². The van der Waals surface area contributed by atoms with Gasteiger partial charge >= 0.3 is 0 Å². The standard InChI is InChI=1S/C20H25N3O/c1-4-16-7-10-18(11-8-16)19(23(2)3)15-22-20(24)12-9-17-6-5-13-21-14-17/h5-14,19H,4,15H2,1-3H3,(H,22,24)/b12-9+. The van der Waals surface area contributed by atoms with Crippen molar-refractivity contribution in [2.75, 3.05) is 20.6 Å². The molecule has 24 heavy (non-hydrogen) atoms. The number of amides is 1. The molecule has 2 aromatic rings. The van der Waals surface area contributed by atoms with E-state index in [4.69, 9.17) is 0 Å². The van der Waals surface area contributed by atoms with Crippen molar-refractivity contribution in [2.45, 2.75) is 19.4 Å². The Balaban J connectivity index is 1.95. The van der Waals surface area contributed by atoms with Crippen LogP contribution < -0.4 is 5.32 Å². The maximum absolute atomic E-state index is 12.0. The number of carbonyl (C=O) groups is 1. The van der Waals surface area contributed by atoms with E-state index < -0.39 is 0 Å². The van der Waals surface area contributed by atoms with Crippen LogP contribution in [0.1, 0.15) is 29.7 Å². The van der Waals surface area contributed by atoms with Crippen LogP contribution in [-0.2, 0) is 11.2 Å². The molecule has 126 valence electrons. The fourth-order valence-electron chi connectivity index (χ4n) is 2.48. The van der Waals surface area contributed by atoms with Gasteiger partial charge in [-0.25, -0.2) is 0 Å². The first-order valence-electron chi connectivity index (χ1n) is 8.21. The van der Waals surface area contributed by atoms with Crippen molar-refractivity contribution in [2.24, 2.45) is 0 Å². The number of hydrogen-bond donors (Lipinski definition) is 1. The van der Waals surface area contributed by atoms with E-state index in [1.807, 2.05) is 26.2 Å². The average Bonchev–Trinajstić information content (AvgIpc) is 2.61. The van der Waals surface area contributed by atoms with Crippen molar-refractivity contribution in [3.8, 4) is 0 Å². The van der Waals surface area contributed by atoms with Crippen LogP contribution in [0.4, 0.5) is 0 Å². The summed E-state index contributed by atoms with van der Waals surface area (Å²) in [4.78, 5) is 18.2. The summed E-state index contributed by atoms with van der Waals surface area (Å²) in [6.07, 6.45) is 7.78. The second-order valence-electron chi connectivity index (χ2n) is 5.94. The lowest BCUT2D eigenvalue weighted by atomic mass is 10.0. The summed E-state index contributed by atoms with van der Waals surface area (Å²) in [5.41, 5.74) is 3.43. The van der Waals surface area contributed by atoms with Gasteiger partial charge in [-0.05, 0) is 49.3 Å². The third kappa shape index (κ3) is 5.32. The molecule has 1 aromatic carbocycles. The van der Waals surface area contributed by atoms with Gasteiger partial charge in [-0.3, -0.25) is 9.78 Å². The van der Waals surface area contributed by atoms with Crippen molar-refractivity contribution in [3.05, 3.63) is 71.6 Å². The molecule has 1 atom stereocenters.